The lowest BCUT2D eigenvalue weighted by Gasteiger charge is -2.28. The van der Waals surface area contributed by atoms with Gasteiger partial charge >= 0.3 is 0 Å². The molecular formula is C13H11N5O3. The summed E-state index contributed by atoms with van der Waals surface area (Å²) in [5.41, 5.74) is 8.89. The lowest BCUT2D eigenvalue weighted by molar-refractivity contribution is -0.126. The van der Waals surface area contributed by atoms with Crippen LogP contribution in [0.3, 0.4) is 0 Å². The number of fused-ring (bicyclic) bond motifs is 1. The van der Waals surface area contributed by atoms with Crippen molar-refractivity contribution < 1.29 is 14.4 Å². The fourth-order valence-electron chi connectivity index (χ4n) is 2.70. The number of carbonyl (C=O) groups is 3. The van der Waals surface area contributed by atoms with Crippen LogP contribution < -0.4 is 5.32 Å². The molecule has 8 heteroatoms. The summed E-state index contributed by atoms with van der Waals surface area (Å²) in [6, 6.07) is 3.70. The predicted octanol–water partition coefficient (Wildman–Crippen LogP) is 1.50. The number of azide groups is 1. The van der Waals surface area contributed by atoms with Crippen molar-refractivity contribution >= 4 is 23.4 Å². The van der Waals surface area contributed by atoms with Crippen molar-refractivity contribution in [3.8, 4) is 0 Å². The van der Waals surface area contributed by atoms with Gasteiger partial charge in [0, 0.05) is 11.5 Å². The summed E-state index contributed by atoms with van der Waals surface area (Å²) in [5, 5.41) is 6.09. The minimum atomic E-state index is -0.801. The summed E-state index contributed by atoms with van der Waals surface area (Å²) < 4.78 is 0. The van der Waals surface area contributed by atoms with Crippen molar-refractivity contribution in [2.45, 2.75) is 18.9 Å². The molecule has 1 aromatic carbocycles. The Hall–Kier alpha value is -2.86. The second-order valence-electron chi connectivity index (χ2n) is 4.82. The van der Waals surface area contributed by atoms with Gasteiger partial charge in [-0.15, -0.1) is 0 Å². The number of benzene rings is 1. The maximum Gasteiger partial charge on any atom is 0.262 e. The highest BCUT2D eigenvalue weighted by Gasteiger charge is 2.44. The van der Waals surface area contributed by atoms with Gasteiger partial charge in [-0.2, -0.15) is 0 Å². The molecule has 1 fully saturated rings. The largest absolute Gasteiger partial charge is 0.354 e. The molecule has 0 aromatic heterocycles. The van der Waals surface area contributed by atoms with E-state index in [1.807, 2.05) is 0 Å². The molecule has 8 nitrogen and oxygen atoms in total. The highest BCUT2D eigenvalue weighted by atomic mass is 16.2. The van der Waals surface area contributed by atoms with E-state index in [2.05, 4.69) is 15.3 Å². The van der Waals surface area contributed by atoms with Crippen LogP contribution in [0.5, 0.6) is 0 Å². The summed E-state index contributed by atoms with van der Waals surface area (Å²) in [6.45, 7) is 0.544. The van der Waals surface area contributed by atoms with Crippen LogP contribution in [0.1, 0.15) is 33.6 Å². The minimum Gasteiger partial charge on any atom is -0.354 e. The summed E-state index contributed by atoms with van der Waals surface area (Å²) in [5.74, 6) is -1.44. The number of imide groups is 1. The smallest absolute Gasteiger partial charge is 0.262 e. The van der Waals surface area contributed by atoms with Crippen LogP contribution in [-0.2, 0) is 4.79 Å². The molecule has 0 saturated carbocycles. The number of carbonyl (C=O) groups excluding carboxylic acids is 3. The molecule has 3 amide bonds. The minimum absolute atomic E-state index is 0.0682. The molecule has 2 aliphatic rings. The zero-order chi connectivity index (χ0) is 15.0. The molecule has 106 valence electrons. The quantitative estimate of drug-likeness (QED) is 0.384. The third-order valence-electron chi connectivity index (χ3n) is 3.64. The van der Waals surface area contributed by atoms with Gasteiger partial charge in [0.1, 0.15) is 6.04 Å². The number of nitrogens with zero attached hydrogens (tertiary/aromatic N) is 4. The van der Waals surface area contributed by atoms with E-state index in [0.29, 0.717) is 19.4 Å². The van der Waals surface area contributed by atoms with Gasteiger partial charge in [0.25, 0.3) is 11.8 Å². The third-order valence-corrected chi connectivity index (χ3v) is 3.64. The van der Waals surface area contributed by atoms with Gasteiger partial charge in [0.15, 0.2) is 0 Å². The molecule has 0 spiro atoms. The first-order valence-corrected chi connectivity index (χ1v) is 6.49. The van der Waals surface area contributed by atoms with E-state index in [9.17, 15) is 14.4 Å². The van der Waals surface area contributed by atoms with Crippen molar-refractivity contribution in [3.63, 3.8) is 0 Å². The summed E-state index contributed by atoms with van der Waals surface area (Å²) >= 11 is 0. The number of hydrogen-bond donors (Lipinski definition) is 1. The fourth-order valence-corrected chi connectivity index (χ4v) is 2.70. The van der Waals surface area contributed by atoms with Crippen LogP contribution in [0.2, 0.25) is 0 Å². The maximum atomic E-state index is 12.5. The Morgan fingerprint density at radius 2 is 2.10 bits per heavy atom. The first kappa shape index (κ1) is 13.1. The predicted molar refractivity (Wildman–Crippen MR) is 71.8 cm³/mol. The Morgan fingerprint density at radius 3 is 2.81 bits per heavy atom. The summed E-state index contributed by atoms with van der Waals surface area (Å²) in [6.07, 6.45) is 1.14. The molecule has 1 saturated heterocycles. The van der Waals surface area contributed by atoms with Crippen molar-refractivity contribution in [2.75, 3.05) is 6.54 Å². The third kappa shape index (κ3) is 1.93. The van der Waals surface area contributed by atoms with Crippen LogP contribution in [0.15, 0.2) is 23.3 Å². The van der Waals surface area contributed by atoms with Gasteiger partial charge in [-0.25, -0.2) is 0 Å². The summed E-state index contributed by atoms with van der Waals surface area (Å²) in [4.78, 5) is 40.4. The standard InChI is InChI=1S/C13H11N5O3/c14-17-16-8-4-1-3-7-10(8)13(21)18(12(7)20)9-5-2-6-15-11(9)19/h1,3-4,9H,2,5-6H2,(H,15,19). The Labute approximate surface area is 119 Å². The highest BCUT2D eigenvalue weighted by molar-refractivity contribution is 6.24. The zero-order valence-electron chi connectivity index (χ0n) is 10.9. The SMILES string of the molecule is [N-]=[N+]=Nc1cccc2c1C(=O)N(C1CCCNC1=O)C2=O. The van der Waals surface area contributed by atoms with Crippen molar-refractivity contribution in [1.82, 2.24) is 10.2 Å². The van der Waals surface area contributed by atoms with Crippen LogP contribution >= 0.6 is 0 Å². The molecule has 2 heterocycles. The van der Waals surface area contributed by atoms with Gasteiger partial charge < -0.3 is 5.32 Å². The van der Waals surface area contributed by atoms with Crippen molar-refractivity contribution in [3.05, 3.63) is 39.8 Å². The van der Waals surface area contributed by atoms with E-state index < -0.39 is 17.9 Å². The summed E-state index contributed by atoms with van der Waals surface area (Å²) in [7, 11) is 0. The van der Waals surface area contributed by atoms with E-state index in [1.165, 1.54) is 12.1 Å². The molecule has 1 N–H and O–H groups in total. The second-order valence-corrected chi connectivity index (χ2v) is 4.82. The number of nitrogens with one attached hydrogen (secondary N) is 1. The number of amides is 3. The lowest BCUT2D eigenvalue weighted by Crippen LogP contribution is -2.52. The second kappa shape index (κ2) is 4.92. The molecule has 1 aromatic rings. The monoisotopic (exact) mass is 285 g/mol. The molecular weight excluding hydrogens is 274 g/mol. The normalized spacial score (nSPS) is 20.9. The molecule has 0 aliphatic carbocycles. The fraction of sp³-hybridized carbons (Fsp3) is 0.308. The van der Waals surface area contributed by atoms with Gasteiger partial charge in [-0.05, 0) is 24.4 Å². The van der Waals surface area contributed by atoms with Crippen LogP contribution in [0.25, 0.3) is 10.4 Å². The number of hydrogen-bond acceptors (Lipinski definition) is 4. The number of rotatable bonds is 2. The average Bonchev–Trinajstić information content (AvgIpc) is 2.73. The van der Waals surface area contributed by atoms with E-state index in [0.717, 1.165) is 4.90 Å². The lowest BCUT2D eigenvalue weighted by atomic mass is 10.1. The molecule has 0 bridgehead atoms. The average molecular weight is 285 g/mol. The van der Waals surface area contributed by atoms with E-state index in [-0.39, 0.29) is 22.7 Å². The van der Waals surface area contributed by atoms with Gasteiger partial charge in [0.05, 0.1) is 16.8 Å². The van der Waals surface area contributed by atoms with Crippen molar-refractivity contribution in [1.29, 1.82) is 0 Å². The Morgan fingerprint density at radius 1 is 1.29 bits per heavy atom. The van der Waals surface area contributed by atoms with Crippen LogP contribution in [0.4, 0.5) is 5.69 Å². The molecule has 1 unspecified atom stereocenters. The number of piperidine rings is 1. The molecule has 3 rings (SSSR count). The van der Waals surface area contributed by atoms with Crippen LogP contribution in [-0.4, -0.2) is 35.2 Å². The maximum absolute atomic E-state index is 12.5. The Bertz CT molecular complexity index is 708. The molecule has 2 aliphatic heterocycles. The van der Waals surface area contributed by atoms with Gasteiger partial charge in [-0.3, -0.25) is 19.3 Å². The van der Waals surface area contributed by atoms with E-state index >= 15 is 0 Å². The van der Waals surface area contributed by atoms with E-state index in [4.69, 9.17) is 5.53 Å². The Kier molecular flexibility index (Phi) is 3.08. The van der Waals surface area contributed by atoms with Gasteiger partial charge in [-0.1, -0.05) is 17.2 Å². The first-order chi connectivity index (χ1) is 10.1. The van der Waals surface area contributed by atoms with Crippen molar-refractivity contribution in [2.24, 2.45) is 5.11 Å². The van der Waals surface area contributed by atoms with Gasteiger partial charge in [0.2, 0.25) is 5.91 Å². The van der Waals surface area contributed by atoms with Crippen LogP contribution in [0, 0.1) is 0 Å². The topological polar surface area (TPSA) is 115 Å². The zero-order valence-corrected chi connectivity index (χ0v) is 10.9. The molecule has 1 atom stereocenters. The van der Waals surface area contributed by atoms with E-state index in [1.54, 1.807) is 6.07 Å². The molecule has 21 heavy (non-hydrogen) atoms. The highest BCUT2D eigenvalue weighted by Crippen LogP contribution is 2.33. The molecule has 0 radical (unpaired) electrons. The Balaban J connectivity index is 2.06. The first-order valence-electron chi connectivity index (χ1n) is 6.49.